The largest absolute Gasteiger partial charge is 0.336 e. The maximum atomic E-state index is 13.3. The van der Waals surface area contributed by atoms with E-state index in [4.69, 9.17) is 0 Å². The van der Waals surface area contributed by atoms with Crippen LogP contribution < -0.4 is 5.32 Å². The molecule has 0 aliphatic rings. The average Bonchev–Trinajstić information content (AvgIpc) is 2.94. The van der Waals surface area contributed by atoms with Crippen molar-refractivity contribution in [3.8, 4) is 0 Å². The van der Waals surface area contributed by atoms with E-state index < -0.39 is 11.6 Å². The highest BCUT2D eigenvalue weighted by molar-refractivity contribution is 5.74. The van der Waals surface area contributed by atoms with Crippen molar-refractivity contribution in [2.24, 2.45) is 0 Å². The van der Waals surface area contributed by atoms with E-state index in [2.05, 4.69) is 10.3 Å². The molecule has 24 heavy (non-hydrogen) atoms. The Morgan fingerprint density at radius 2 is 2.08 bits per heavy atom. The van der Waals surface area contributed by atoms with Gasteiger partial charge in [0.1, 0.15) is 5.82 Å². The number of benzene rings is 1. The van der Waals surface area contributed by atoms with E-state index in [9.17, 15) is 13.6 Å². The lowest BCUT2D eigenvalue weighted by Gasteiger charge is -2.23. The Labute approximate surface area is 140 Å². The van der Waals surface area contributed by atoms with Crippen LogP contribution in [0, 0.1) is 11.6 Å². The highest BCUT2D eigenvalue weighted by Gasteiger charge is 2.16. The zero-order chi connectivity index (χ0) is 17.7. The Balaban J connectivity index is 2.11. The van der Waals surface area contributed by atoms with Gasteiger partial charge in [0.05, 0.1) is 6.54 Å². The van der Waals surface area contributed by atoms with Gasteiger partial charge < -0.3 is 14.8 Å². The maximum absolute atomic E-state index is 13.3. The smallest absolute Gasteiger partial charge is 0.317 e. The van der Waals surface area contributed by atoms with Gasteiger partial charge in [-0.2, -0.15) is 0 Å². The van der Waals surface area contributed by atoms with Gasteiger partial charge in [0, 0.05) is 31.5 Å². The molecule has 0 saturated carbocycles. The van der Waals surface area contributed by atoms with E-state index in [1.807, 2.05) is 25.3 Å². The van der Waals surface area contributed by atoms with E-state index in [0.717, 1.165) is 6.07 Å². The minimum Gasteiger partial charge on any atom is -0.336 e. The van der Waals surface area contributed by atoms with Crippen molar-refractivity contribution in [2.45, 2.75) is 39.9 Å². The molecule has 7 heteroatoms. The summed E-state index contributed by atoms with van der Waals surface area (Å²) in [5.74, 6) is -1.06. The summed E-state index contributed by atoms with van der Waals surface area (Å²) in [6.45, 7) is 6.92. The van der Waals surface area contributed by atoms with Gasteiger partial charge in [-0.3, -0.25) is 0 Å². The summed E-state index contributed by atoms with van der Waals surface area (Å²) in [7, 11) is 0. The van der Waals surface area contributed by atoms with Gasteiger partial charge in [0.25, 0.3) is 0 Å². The minimum absolute atomic E-state index is 0.0495. The Bertz CT molecular complexity index is 700. The van der Waals surface area contributed by atoms with Crippen molar-refractivity contribution >= 4 is 6.03 Å². The number of amides is 2. The van der Waals surface area contributed by atoms with Crippen LogP contribution in [0.1, 0.15) is 32.2 Å². The van der Waals surface area contributed by atoms with Crippen molar-refractivity contribution in [1.29, 1.82) is 0 Å². The van der Waals surface area contributed by atoms with Crippen LogP contribution in [0.2, 0.25) is 0 Å². The molecule has 0 fully saturated rings. The minimum atomic E-state index is -0.874. The van der Waals surface area contributed by atoms with E-state index >= 15 is 0 Å². The average molecular weight is 336 g/mol. The molecule has 0 saturated heterocycles. The zero-order valence-corrected chi connectivity index (χ0v) is 14.1. The van der Waals surface area contributed by atoms with Gasteiger partial charge in [0.15, 0.2) is 11.6 Å². The molecule has 1 heterocycles. The van der Waals surface area contributed by atoms with Gasteiger partial charge in [-0.05, 0) is 38.5 Å². The Morgan fingerprint density at radius 1 is 1.33 bits per heavy atom. The Kier molecular flexibility index (Phi) is 5.89. The topological polar surface area (TPSA) is 50.2 Å². The first-order valence-corrected chi connectivity index (χ1v) is 7.90. The molecule has 0 radical (unpaired) electrons. The summed E-state index contributed by atoms with van der Waals surface area (Å²) >= 11 is 0. The van der Waals surface area contributed by atoms with Gasteiger partial charge in [0.2, 0.25) is 0 Å². The second-order valence-corrected chi connectivity index (χ2v) is 5.84. The standard InChI is InChI=1S/C17H22F2N4O/c1-4-22(17(24)21-12(2)3)11-16-20-7-8-23(16)10-13-5-6-14(18)15(19)9-13/h5-9,12H,4,10-11H2,1-3H3,(H,21,24). The summed E-state index contributed by atoms with van der Waals surface area (Å²) in [5.41, 5.74) is 0.628. The number of nitrogens with zero attached hydrogens (tertiary/aromatic N) is 3. The third-order valence-corrected chi connectivity index (χ3v) is 3.55. The van der Waals surface area contributed by atoms with Crippen LogP contribution in [0.5, 0.6) is 0 Å². The zero-order valence-electron chi connectivity index (χ0n) is 14.1. The predicted octanol–water partition coefficient (Wildman–Crippen LogP) is 3.15. The summed E-state index contributed by atoms with van der Waals surface area (Å²) < 4.78 is 28.2. The number of halogens is 2. The van der Waals surface area contributed by atoms with Crippen LogP contribution in [0.25, 0.3) is 0 Å². The van der Waals surface area contributed by atoms with E-state index in [1.165, 1.54) is 12.1 Å². The van der Waals surface area contributed by atoms with Crippen LogP contribution in [-0.2, 0) is 13.1 Å². The van der Waals surface area contributed by atoms with Crippen molar-refractivity contribution in [2.75, 3.05) is 6.54 Å². The fourth-order valence-corrected chi connectivity index (χ4v) is 2.31. The molecule has 0 unspecified atom stereocenters. The normalized spacial score (nSPS) is 10.9. The molecular weight excluding hydrogens is 314 g/mol. The fraction of sp³-hybridized carbons (Fsp3) is 0.412. The molecule has 2 aromatic rings. The second-order valence-electron chi connectivity index (χ2n) is 5.84. The van der Waals surface area contributed by atoms with Crippen LogP contribution in [0.15, 0.2) is 30.6 Å². The van der Waals surface area contributed by atoms with Crippen LogP contribution in [0.3, 0.4) is 0 Å². The fourth-order valence-electron chi connectivity index (χ4n) is 2.31. The van der Waals surface area contributed by atoms with Gasteiger partial charge >= 0.3 is 6.03 Å². The highest BCUT2D eigenvalue weighted by Crippen LogP contribution is 2.12. The molecule has 0 aliphatic carbocycles. The molecule has 5 nitrogen and oxygen atoms in total. The van der Waals surface area contributed by atoms with Crippen LogP contribution in [0.4, 0.5) is 13.6 Å². The van der Waals surface area contributed by atoms with Crippen molar-refractivity contribution in [1.82, 2.24) is 19.8 Å². The molecule has 0 spiro atoms. The quantitative estimate of drug-likeness (QED) is 0.881. The summed E-state index contributed by atoms with van der Waals surface area (Å²) in [6.07, 6.45) is 3.38. The van der Waals surface area contributed by atoms with Gasteiger partial charge in [-0.15, -0.1) is 0 Å². The number of rotatable bonds is 6. The second kappa shape index (κ2) is 7.90. The Morgan fingerprint density at radius 3 is 2.71 bits per heavy atom. The predicted molar refractivity (Wildman–Crippen MR) is 87.4 cm³/mol. The van der Waals surface area contributed by atoms with Crippen molar-refractivity contribution < 1.29 is 13.6 Å². The lowest BCUT2D eigenvalue weighted by atomic mass is 10.2. The number of nitrogens with one attached hydrogen (secondary N) is 1. The molecule has 0 bridgehead atoms. The van der Waals surface area contributed by atoms with Gasteiger partial charge in [-0.25, -0.2) is 18.6 Å². The summed E-state index contributed by atoms with van der Waals surface area (Å²) in [4.78, 5) is 18.1. The third-order valence-electron chi connectivity index (χ3n) is 3.55. The first-order valence-electron chi connectivity index (χ1n) is 7.90. The molecule has 0 aliphatic heterocycles. The first-order chi connectivity index (χ1) is 11.4. The molecule has 1 aromatic heterocycles. The van der Waals surface area contributed by atoms with Crippen molar-refractivity contribution in [3.63, 3.8) is 0 Å². The number of hydrogen-bond donors (Lipinski definition) is 1. The monoisotopic (exact) mass is 336 g/mol. The SMILES string of the molecule is CCN(Cc1nccn1Cc1ccc(F)c(F)c1)C(=O)NC(C)C. The highest BCUT2D eigenvalue weighted by atomic mass is 19.2. The molecular formula is C17H22F2N4O. The molecule has 2 rings (SSSR count). The lowest BCUT2D eigenvalue weighted by molar-refractivity contribution is 0.193. The lowest BCUT2D eigenvalue weighted by Crippen LogP contribution is -2.42. The number of imidazole rings is 1. The van der Waals surface area contributed by atoms with E-state index in [0.29, 0.717) is 31.0 Å². The summed E-state index contributed by atoms with van der Waals surface area (Å²) in [5, 5.41) is 2.85. The number of carbonyl (C=O) groups is 1. The number of hydrogen-bond acceptors (Lipinski definition) is 2. The number of carbonyl (C=O) groups excluding carboxylic acids is 1. The van der Waals surface area contributed by atoms with Gasteiger partial charge in [-0.1, -0.05) is 6.07 Å². The molecule has 0 atom stereocenters. The summed E-state index contributed by atoms with van der Waals surface area (Å²) in [6, 6.07) is 3.70. The van der Waals surface area contributed by atoms with Crippen molar-refractivity contribution in [3.05, 3.63) is 53.6 Å². The number of urea groups is 1. The Hall–Kier alpha value is -2.44. The van der Waals surface area contributed by atoms with Crippen LogP contribution >= 0.6 is 0 Å². The first kappa shape index (κ1) is 17.9. The molecule has 1 N–H and O–H groups in total. The molecule has 2 amide bonds. The van der Waals surface area contributed by atoms with E-state index in [-0.39, 0.29) is 12.1 Å². The number of aromatic nitrogens is 2. The molecule has 130 valence electrons. The molecule has 1 aromatic carbocycles. The van der Waals surface area contributed by atoms with E-state index in [1.54, 1.807) is 17.3 Å². The van der Waals surface area contributed by atoms with Crippen LogP contribution in [-0.4, -0.2) is 33.1 Å². The maximum Gasteiger partial charge on any atom is 0.317 e. The third kappa shape index (κ3) is 4.53.